The third-order valence-corrected chi connectivity index (χ3v) is 4.17. The minimum absolute atomic E-state index is 0.167. The maximum Gasteiger partial charge on any atom is 0.0790 e. The molecule has 1 aromatic rings. The summed E-state index contributed by atoms with van der Waals surface area (Å²) in [7, 11) is 0. The number of benzene rings is 1. The van der Waals surface area contributed by atoms with Gasteiger partial charge in [0.05, 0.1) is 22.2 Å². The summed E-state index contributed by atoms with van der Waals surface area (Å²) in [6.07, 6.45) is 6.17. The SMILES string of the molecule is CCC(NOC1CCCC1)c1ccc(Cl)c(Cl)c1. The van der Waals surface area contributed by atoms with Gasteiger partial charge in [0.25, 0.3) is 0 Å². The molecule has 1 aromatic carbocycles. The van der Waals surface area contributed by atoms with Gasteiger partial charge in [0, 0.05) is 0 Å². The van der Waals surface area contributed by atoms with Crippen LogP contribution in [0.4, 0.5) is 0 Å². The van der Waals surface area contributed by atoms with E-state index < -0.39 is 0 Å². The third kappa shape index (κ3) is 3.61. The molecule has 1 unspecified atom stereocenters. The van der Waals surface area contributed by atoms with E-state index in [1.54, 1.807) is 0 Å². The molecule has 4 heteroatoms. The van der Waals surface area contributed by atoms with E-state index in [4.69, 9.17) is 28.0 Å². The van der Waals surface area contributed by atoms with Gasteiger partial charge in [-0.05, 0) is 37.0 Å². The van der Waals surface area contributed by atoms with Crippen LogP contribution in [-0.2, 0) is 4.84 Å². The Balaban J connectivity index is 1.96. The van der Waals surface area contributed by atoms with Gasteiger partial charge in [-0.25, -0.2) is 0 Å². The average molecular weight is 288 g/mol. The average Bonchev–Trinajstić information content (AvgIpc) is 2.87. The van der Waals surface area contributed by atoms with Gasteiger partial charge in [-0.2, -0.15) is 5.48 Å². The summed E-state index contributed by atoms with van der Waals surface area (Å²) >= 11 is 12.0. The van der Waals surface area contributed by atoms with Gasteiger partial charge in [0.1, 0.15) is 0 Å². The predicted octanol–water partition coefficient (Wildman–Crippen LogP) is 4.91. The first-order chi connectivity index (χ1) is 8.70. The van der Waals surface area contributed by atoms with Crippen molar-refractivity contribution in [1.82, 2.24) is 5.48 Å². The minimum atomic E-state index is 0.167. The van der Waals surface area contributed by atoms with Crippen LogP contribution in [0.15, 0.2) is 18.2 Å². The van der Waals surface area contributed by atoms with Crippen molar-refractivity contribution in [2.75, 3.05) is 0 Å². The lowest BCUT2D eigenvalue weighted by Gasteiger charge is -2.20. The smallest absolute Gasteiger partial charge is 0.0790 e. The molecular formula is C14H19Cl2NO. The van der Waals surface area contributed by atoms with E-state index in [9.17, 15) is 0 Å². The van der Waals surface area contributed by atoms with Crippen molar-refractivity contribution in [3.63, 3.8) is 0 Å². The Morgan fingerprint density at radius 3 is 2.61 bits per heavy atom. The van der Waals surface area contributed by atoms with Crippen molar-refractivity contribution >= 4 is 23.2 Å². The van der Waals surface area contributed by atoms with Gasteiger partial charge in [-0.15, -0.1) is 0 Å². The van der Waals surface area contributed by atoms with Crippen molar-refractivity contribution in [2.24, 2.45) is 0 Å². The summed E-state index contributed by atoms with van der Waals surface area (Å²) in [5.74, 6) is 0. The van der Waals surface area contributed by atoms with Crippen LogP contribution in [0.1, 0.15) is 50.6 Å². The topological polar surface area (TPSA) is 21.3 Å². The fourth-order valence-corrected chi connectivity index (χ4v) is 2.61. The van der Waals surface area contributed by atoms with Gasteiger partial charge < -0.3 is 0 Å². The number of hydroxylamine groups is 1. The number of hydrogen-bond acceptors (Lipinski definition) is 2. The first-order valence-electron chi connectivity index (χ1n) is 6.57. The molecule has 0 spiro atoms. The molecule has 18 heavy (non-hydrogen) atoms. The molecule has 2 nitrogen and oxygen atoms in total. The third-order valence-electron chi connectivity index (χ3n) is 3.43. The number of hydrogen-bond donors (Lipinski definition) is 1. The lowest BCUT2D eigenvalue weighted by atomic mass is 10.1. The molecule has 0 saturated heterocycles. The fourth-order valence-electron chi connectivity index (χ4n) is 2.30. The molecule has 1 fully saturated rings. The minimum Gasteiger partial charge on any atom is -0.298 e. The standard InChI is InChI=1S/C14H19Cl2NO/c1-2-14(17-18-11-5-3-4-6-11)10-7-8-12(15)13(16)9-10/h7-9,11,14,17H,2-6H2,1H3. The van der Waals surface area contributed by atoms with Crippen molar-refractivity contribution in [1.29, 1.82) is 0 Å². The van der Waals surface area contributed by atoms with Gasteiger partial charge in [-0.1, -0.05) is 49.0 Å². The molecule has 2 rings (SSSR count). The van der Waals surface area contributed by atoms with Crippen molar-refractivity contribution < 1.29 is 4.84 Å². The summed E-state index contributed by atoms with van der Waals surface area (Å²) in [6.45, 7) is 2.12. The maximum absolute atomic E-state index is 6.04. The first-order valence-corrected chi connectivity index (χ1v) is 7.32. The molecule has 0 heterocycles. The Hall–Kier alpha value is -0.280. The van der Waals surface area contributed by atoms with E-state index in [0.717, 1.165) is 24.8 Å². The van der Waals surface area contributed by atoms with Crippen LogP contribution in [0.2, 0.25) is 10.0 Å². The zero-order valence-corrected chi connectivity index (χ0v) is 12.1. The van der Waals surface area contributed by atoms with Crippen LogP contribution in [0, 0.1) is 0 Å². The molecule has 1 aliphatic carbocycles. The lowest BCUT2D eigenvalue weighted by molar-refractivity contribution is -0.0415. The van der Waals surface area contributed by atoms with Crippen molar-refractivity contribution in [3.8, 4) is 0 Å². The van der Waals surface area contributed by atoms with Crippen LogP contribution < -0.4 is 5.48 Å². The summed E-state index contributed by atoms with van der Waals surface area (Å²) in [6, 6.07) is 5.90. The van der Waals surface area contributed by atoms with E-state index in [0.29, 0.717) is 16.1 Å². The highest BCUT2D eigenvalue weighted by atomic mass is 35.5. The molecule has 0 aliphatic heterocycles. The monoisotopic (exact) mass is 287 g/mol. The highest BCUT2D eigenvalue weighted by Gasteiger charge is 2.18. The summed E-state index contributed by atoms with van der Waals surface area (Å²) in [5.41, 5.74) is 4.29. The zero-order valence-electron chi connectivity index (χ0n) is 10.6. The molecule has 1 aliphatic rings. The Labute approximate surface area is 119 Å². The van der Waals surface area contributed by atoms with Gasteiger partial charge >= 0.3 is 0 Å². The number of rotatable bonds is 5. The molecule has 100 valence electrons. The van der Waals surface area contributed by atoms with Crippen LogP contribution in [0.3, 0.4) is 0 Å². The Morgan fingerprint density at radius 2 is 2.00 bits per heavy atom. The molecule has 0 radical (unpaired) electrons. The highest BCUT2D eigenvalue weighted by molar-refractivity contribution is 6.42. The second-order valence-electron chi connectivity index (χ2n) is 4.78. The van der Waals surface area contributed by atoms with E-state index in [2.05, 4.69) is 12.4 Å². The van der Waals surface area contributed by atoms with Crippen LogP contribution in [0.25, 0.3) is 0 Å². The largest absolute Gasteiger partial charge is 0.298 e. The van der Waals surface area contributed by atoms with E-state index in [-0.39, 0.29) is 6.04 Å². The zero-order chi connectivity index (χ0) is 13.0. The Kier molecular flexibility index (Phi) is 5.31. The van der Waals surface area contributed by atoms with E-state index in [1.807, 2.05) is 18.2 Å². The first kappa shape index (κ1) is 14.1. The van der Waals surface area contributed by atoms with Crippen molar-refractivity contribution in [3.05, 3.63) is 33.8 Å². The van der Waals surface area contributed by atoms with Crippen LogP contribution >= 0.6 is 23.2 Å². The molecular weight excluding hydrogens is 269 g/mol. The van der Waals surface area contributed by atoms with Gasteiger partial charge in [0.15, 0.2) is 0 Å². The maximum atomic E-state index is 6.04. The molecule has 0 aromatic heterocycles. The molecule has 1 atom stereocenters. The quantitative estimate of drug-likeness (QED) is 0.777. The van der Waals surface area contributed by atoms with Gasteiger partial charge in [-0.3, -0.25) is 4.84 Å². The highest BCUT2D eigenvalue weighted by Crippen LogP contribution is 2.27. The summed E-state index contributed by atoms with van der Waals surface area (Å²) in [4.78, 5) is 5.75. The molecule has 0 bridgehead atoms. The van der Waals surface area contributed by atoms with E-state index >= 15 is 0 Å². The molecule has 1 N–H and O–H groups in total. The molecule has 1 saturated carbocycles. The molecule has 0 amide bonds. The predicted molar refractivity (Wildman–Crippen MR) is 76.0 cm³/mol. The second kappa shape index (κ2) is 6.76. The van der Waals surface area contributed by atoms with Crippen molar-refractivity contribution in [2.45, 2.75) is 51.2 Å². The Bertz CT molecular complexity index is 391. The fraction of sp³-hybridized carbons (Fsp3) is 0.571. The lowest BCUT2D eigenvalue weighted by Crippen LogP contribution is -2.26. The van der Waals surface area contributed by atoms with Crippen LogP contribution in [-0.4, -0.2) is 6.10 Å². The normalized spacial score (nSPS) is 18.2. The Morgan fingerprint density at radius 1 is 1.28 bits per heavy atom. The number of halogens is 2. The summed E-state index contributed by atoms with van der Waals surface area (Å²) in [5, 5.41) is 1.18. The van der Waals surface area contributed by atoms with Gasteiger partial charge in [0.2, 0.25) is 0 Å². The second-order valence-corrected chi connectivity index (χ2v) is 5.59. The van der Waals surface area contributed by atoms with Crippen LogP contribution in [0.5, 0.6) is 0 Å². The number of nitrogens with one attached hydrogen (secondary N) is 1. The van der Waals surface area contributed by atoms with E-state index in [1.165, 1.54) is 12.8 Å². The summed E-state index contributed by atoms with van der Waals surface area (Å²) < 4.78 is 0.